The Hall–Kier alpha value is -1.78. The molecule has 0 saturated heterocycles. The van der Waals surface area contributed by atoms with Crippen LogP contribution in [0, 0.1) is 5.82 Å². The van der Waals surface area contributed by atoms with Gasteiger partial charge in [0.2, 0.25) is 0 Å². The van der Waals surface area contributed by atoms with Crippen molar-refractivity contribution in [3.05, 3.63) is 54.0 Å². The van der Waals surface area contributed by atoms with Gasteiger partial charge in [0.05, 0.1) is 5.69 Å². The fraction of sp³-hybridized carbons (Fsp3) is 0.312. The summed E-state index contributed by atoms with van der Waals surface area (Å²) in [5.74, 6) is -0.234. The van der Waals surface area contributed by atoms with Gasteiger partial charge >= 0.3 is 0 Å². The Kier molecular flexibility index (Phi) is 5.65. The molecule has 0 saturated carbocycles. The molecule has 0 amide bonds. The van der Waals surface area contributed by atoms with Crippen molar-refractivity contribution < 1.29 is 9.13 Å². The molecule has 0 aliphatic heterocycles. The lowest BCUT2D eigenvalue weighted by Crippen LogP contribution is -2.16. The first-order valence-electron chi connectivity index (χ1n) is 6.70. The SMILES string of the molecule is COCCCNCc1cc(F)cc(-c2ccccn2)c1. The van der Waals surface area contributed by atoms with Gasteiger partial charge in [0, 0.05) is 32.0 Å². The van der Waals surface area contributed by atoms with Crippen LogP contribution in [0.2, 0.25) is 0 Å². The number of nitrogens with one attached hydrogen (secondary N) is 1. The highest BCUT2D eigenvalue weighted by Gasteiger charge is 2.04. The number of nitrogens with zero attached hydrogens (tertiary/aromatic N) is 1. The van der Waals surface area contributed by atoms with E-state index in [1.165, 1.54) is 6.07 Å². The zero-order valence-electron chi connectivity index (χ0n) is 11.6. The van der Waals surface area contributed by atoms with Gasteiger partial charge in [-0.15, -0.1) is 0 Å². The lowest BCUT2D eigenvalue weighted by atomic mass is 10.1. The van der Waals surface area contributed by atoms with Gasteiger partial charge in [0.25, 0.3) is 0 Å². The number of pyridine rings is 1. The maximum atomic E-state index is 13.7. The maximum absolute atomic E-state index is 13.7. The molecule has 20 heavy (non-hydrogen) atoms. The first kappa shape index (κ1) is 14.6. The zero-order chi connectivity index (χ0) is 14.2. The van der Waals surface area contributed by atoms with E-state index < -0.39 is 0 Å². The molecular formula is C16H19FN2O. The van der Waals surface area contributed by atoms with Crippen molar-refractivity contribution in [1.29, 1.82) is 0 Å². The van der Waals surface area contributed by atoms with Crippen LogP contribution < -0.4 is 5.32 Å². The van der Waals surface area contributed by atoms with Gasteiger partial charge in [-0.1, -0.05) is 6.07 Å². The molecule has 0 unspecified atom stereocenters. The predicted octanol–water partition coefficient (Wildman–Crippen LogP) is 3.01. The largest absolute Gasteiger partial charge is 0.385 e. The van der Waals surface area contributed by atoms with E-state index in [2.05, 4.69) is 10.3 Å². The summed E-state index contributed by atoms with van der Waals surface area (Å²) >= 11 is 0. The molecule has 2 aromatic rings. The minimum absolute atomic E-state index is 0.234. The molecule has 0 fully saturated rings. The van der Waals surface area contributed by atoms with Gasteiger partial charge in [-0.2, -0.15) is 0 Å². The second-order valence-corrected chi connectivity index (χ2v) is 4.59. The Bertz CT molecular complexity index is 531. The van der Waals surface area contributed by atoms with Crippen LogP contribution in [-0.4, -0.2) is 25.2 Å². The van der Waals surface area contributed by atoms with Crippen LogP contribution in [0.4, 0.5) is 4.39 Å². The number of ether oxygens (including phenoxy) is 1. The van der Waals surface area contributed by atoms with E-state index in [4.69, 9.17) is 4.74 Å². The first-order valence-corrected chi connectivity index (χ1v) is 6.70. The molecule has 0 spiro atoms. The van der Waals surface area contributed by atoms with Crippen LogP contribution in [0.5, 0.6) is 0 Å². The molecular weight excluding hydrogens is 255 g/mol. The van der Waals surface area contributed by atoms with Crippen molar-refractivity contribution in [2.24, 2.45) is 0 Å². The summed E-state index contributed by atoms with van der Waals surface area (Å²) < 4.78 is 18.6. The van der Waals surface area contributed by atoms with Crippen LogP contribution in [0.15, 0.2) is 42.6 Å². The topological polar surface area (TPSA) is 34.1 Å². The molecule has 0 aliphatic carbocycles. The number of hydrogen-bond acceptors (Lipinski definition) is 3. The van der Waals surface area contributed by atoms with Crippen molar-refractivity contribution in [2.45, 2.75) is 13.0 Å². The van der Waals surface area contributed by atoms with Gasteiger partial charge in [-0.05, 0) is 48.9 Å². The summed E-state index contributed by atoms with van der Waals surface area (Å²) in [4.78, 5) is 4.25. The molecule has 1 aromatic heterocycles. The Morgan fingerprint density at radius 2 is 2.15 bits per heavy atom. The smallest absolute Gasteiger partial charge is 0.124 e. The molecule has 0 radical (unpaired) electrons. The lowest BCUT2D eigenvalue weighted by molar-refractivity contribution is 0.194. The molecule has 0 aliphatic rings. The molecule has 1 heterocycles. The van der Waals surface area contributed by atoms with Crippen molar-refractivity contribution in [3.63, 3.8) is 0 Å². The van der Waals surface area contributed by atoms with E-state index >= 15 is 0 Å². The highest BCUT2D eigenvalue weighted by Crippen LogP contribution is 2.19. The number of methoxy groups -OCH3 is 1. The van der Waals surface area contributed by atoms with Gasteiger partial charge in [0.15, 0.2) is 0 Å². The molecule has 106 valence electrons. The van der Waals surface area contributed by atoms with Gasteiger partial charge in [-0.25, -0.2) is 4.39 Å². The second kappa shape index (κ2) is 7.72. The third-order valence-corrected chi connectivity index (χ3v) is 2.95. The highest BCUT2D eigenvalue weighted by atomic mass is 19.1. The summed E-state index contributed by atoms with van der Waals surface area (Å²) in [6.07, 6.45) is 2.65. The van der Waals surface area contributed by atoms with Crippen LogP contribution in [0.3, 0.4) is 0 Å². The van der Waals surface area contributed by atoms with E-state index in [1.807, 2.05) is 24.3 Å². The van der Waals surface area contributed by atoms with Gasteiger partial charge in [-0.3, -0.25) is 4.98 Å². The molecule has 0 bridgehead atoms. The van der Waals surface area contributed by atoms with E-state index in [9.17, 15) is 4.39 Å². The average molecular weight is 274 g/mol. The summed E-state index contributed by atoms with van der Waals surface area (Å²) in [6, 6.07) is 10.7. The summed E-state index contributed by atoms with van der Waals surface area (Å²) in [5, 5.41) is 3.28. The Morgan fingerprint density at radius 3 is 2.90 bits per heavy atom. The van der Waals surface area contributed by atoms with E-state index in [1.54, 1.807) is 19.4 Å². The molecule has 1 aromatic carbocycles. The standard InChI is InChI=1S/C16H19FN2O/c1-20-8-4-6-18-12-13-9-14(11-15(17)10-13)16-5-2-3-7-19-16/h2-3,5,7,9-11,18H,4,6,8,12H2,1H3. The minimum Gasteiger partial charge on any atom is -0.385 e. The minimum atomic E-state index is -0.234. The molecule has 0 atom stereocenters. The summed E-state index contributed by atoms with van der Waals surface area (Å²) in [7, 11) is 1.69. The average Bonchev–Trinajstić information content (AvgIpc) is 2.47. The van der Waals surface area contributed by atoms with Gasteiger partial charge < -0.3 is 10.1 Å². The van der Waals surface area contributed by atoms with Crippen molar-refractivity contribution in [1.82, 2.24) is 10.3 Å². The number of halogens is 1. The molecule has 1 N–H and O–H groups in total. The second-order valence-electron chi connectivity index (χ2n) is 4.59. The summed E-state index contributed by atoms with van der Waals surface area (Å²) in [5.41, 5.74) is 2.51. The fourth-order valence-corrected chi connectivity index (χ4v) is 2.01. The first-order chi connectivity index (χ1) is 9.79. The maximum Gasteiger partial charge on any atom is 0.124 e. The van der Waals surface area contributed by atoms with Gasteiger partial charge in [0.1, 0.15) is 5.82 Å². The Balaban J connectivity index is 2.02. The van der Waals surface area contributed by atoms with Crippen LogP contribution in [0.25, 0.3) is 11.3 Å². The van der Waals surface area contributed by atoms with Crippen molar-refractivity contribution >= 4 is 0 Å². The number of benzene rings is 1. The molecule has 2 rings (SSSR count). The number of rotatable bonds is 7. The zero-order valence-corrected chi connectivity index (χ0v) is 11.6. The number of aromatic nitrogens is 1. The monoisotopic (exact) mass is 274 g/mol. The van der Waals surface area contributed by atoms with E-state index in [0.717, 1.165) is 36.4 Å². The van der Waals surface area contributed by atoms with Crippen LogP contribution in [0.1, 0.15) is 12.0 Å². The third-order valence-electron chi connectivity index (χ3n) is 2.95. The number of hydrogen-bond donors (Lipinski definition) is 1. The van der Waals surface area contributed by atoms with E-state index in [-0.39, 0.29) is 5.82 Å². The summed E-state index contributed by atoms with van der Waals surface area (Å²) in [6.45, 7) is 2.22. The lowest BCUT2D eigenvalue weighted by Gasteiger charge is -2.07. The molecule has 3 nitrogen and oxygen atoms in total. The quantitative estimate of drug-likeness (QED) is 0.788. The highest BCUT2D eigenvalue weighted by molar-refractivity contribution is 5.59. The van der Waals surface area contributed by atoms with Crippen LogP contribution in [-0.2, 0) is 11.3 Å². The van der Waals surface area contributed by atoms with E-state index in [0.29, 0.717) is 6.54 Å². The van der Waals surface area contributed by atoms with Crippen molar-refractivity contribution in [3.8, 4) is 11.3 Å². The third kappa shape index (κ3) is 4.40. The fourth-order valence-electron chi connectivity index (χ4n) is 2.01. The van der Waals surface area contributed by atoms with Crippen LogP contribution >= 0.6 is 0 Å². The Labute approximate surface area is 118 Å². The van der Waals surface area contributed by atoms with Crippen molar-refractivity contribution in [2.75, 3.05) is 20.3 Å². The molecule has 4 heteroatoms. The Morgan fingerprint density at radius 1 is 1.25 bits per heavy atom. The normalized spacial score (nSPS) is 10.7. The predicted molar refractivity (Wildman–Crippen MR) is 77.8 cm³/mol.